The van der Waals surface area contributed by atoms with Gasteiger partial charge in [0.1, 0.15) is 11.5 Å². The largest absolute Gasteiger partial charge is 0.785 e. The predicted molar refractivity (Wildman–Crippen MR) is 167 cm³/mol. The maximum Gasteiger partial charge on any atom is 0.785 e. The number of rotatable bonds is 4. The van der Waals surface area contributed by atoms with Crippen LogP contribution < -0.4 is 9.31 Å². The Labute approximate surface area is 231 Å². The molecule has 0 spiro atoms. The van der Waals surface area contributed by atoms with Crippen molar-refractivity contribution in [1.82, 2.24) is 0 Å². The fraction of sp³-hybridized carbons (Fsp3) is 0. The molecule has 8 aromatic carbocycles. The minimum atomic E-state index is -1.50. The van der Waals surface area contributed by atoms with Gasteiger partial charge in [0.15, 0.2) is 0 Å². The molecule has 0 saturated heterocycles. The van der Waals surface area contributed by atoms with Crippen LogP contribution in [0.5, 0.6) is 11.5 Å². The van der Waals surface area contributed by atoms with Gasteiger partial charge in [-0.3, -0.25) is 0 Å². The molecule has 0 unspecified atom stereocenters. The van der Waals surface area contributed by atoms with Gasteiger partial charge in [-0.25, -0.2) is 0 Å². The third kappa shape index (κ3) is 3.73. The minimum Gasteiger partial charge on any atom is -0.500 e. The summed E-state index contributed by atoms with van der Waals surface area (Å²) in [5, 5.41) is 24.2. The first kappa shape index (κ1) is 22.9. The zero-order chi connectivity index (χ0) is 26.6. The second-order valence-corrected chi connectivity index (χ2v) is 10.2. The van der Waals surface area contributed by atoms with Crippen LogP contribution in [0.25, 0.3) is 64.6 Å². The lowest BCUT2D eigenvalue weighted by molar-refractivity contribution is 0.301. The summed E-state index contributed by atoms with van der Waals surface area (Å²) in [6, 6.07) is 45.6. The average molecular weight is 514 g/mol. The highest BCUT2D eigenvalue weighted by molar-refractivity contribution is 6.38. The summed E-state index contributed by atoms with van der Waals surface area (Å²) in [5.74, 6) is 1.14. The van der Waals surface area contributed by atoms with E-state index in [1.54, 1.807) is 0 Å². The lowest BCUT2D eigenvalue weighted by Gasteiger charge is -2.16. The molecule has 0 atom stereocenters. The zero-order valence-electron chi connectivity index (χ0n) is 21.5. The lowest BCUT2D eigenvalue weighted by atomic mass is 9.97. The van der Waals surface area contributed by atoms with Gasteiger partial charge < -0.3 is 14.3 Å². The molecule has 0 aliphatic rings. The third-order valence-electron chi connectivity index (χ3n) is 7.83. The van der Waals surface area contributed by atoms with Crippen LogP contribution in [0.1, 0.15) is 0 Å². The molecular formula is C36H23BO3. The Kier molecular flexibility index (Phi) is 5.16. The highest BCUT2D eigenvalue weighted by Crippen LogP contribution is 2.37. The first-order valence-electron chi connectivity index (χ1n) is 13.4. The van der Waals surface area contributed by atoms with Crippen molar-refractivity contribution < 1.29 is 14.3 Å². The van der Waals surface area contributed by atoms with Gasteiger partial charge in [0.25, 0.3) is 0 Å². The second kappa shape index (κ2) is 9.01. The Morgan fingerprint density at radius 2 is 0.750 bits per heavy atom. The lowest BCUT2D eigenvalue weighted by Crippen LogP contribution is -2.29. The molecule has 0 bridgehead atoms. The van der Waals surface area contributed by atoms with E-state index >= 15 is 0 Å². The van der Waals surface area contributed by atoms with E-state index in [-0.39, 0.29) is 0 Å². The van der Waals surface area contributed by atoms with Crippen molar-refractivity contribution in [2.75, 3.05) is 0 Å². The second-order valence-electron chi connectivity index (χ2n) is 10.2. The molecule has 0 aliphatic heterocycles. The molecule has 0 heterocycles. The predicted octanol–water partition coefficient (Wildman–Crippen LogP) is 9.04. The summed E-state index contributed by atoms with van der Waals surface area (Å²) in [6.07, 6.45) is 0. The fourth-order valence-electron chi connectivity index (χ4n) is 5.97. The van der Waals surface area contributed by atoms with E-state index in [0.29, 0.717) is 11.5 Å². The van der Waals surface area contributed by atoms with Crippen LogP contribution in [-0.4, -0.2) is 12.3 Å². The molecule has 8 rings (SSSR count). The van der Waals surface area contributed by atoms with E-state index in [9.17, 15) is 5.02 Å². The summed E-state index contributed by atoms with van der Waals surface area (Å²) in [4.78, 5) is 0. The Hall–Kier alpha value is -5.06. The molecule has 0 aliphatic carbocycles. The number of benzene rings is 8. The molecular weight excluding hydrogens is 491 g/mol. The van der Waals surface area contributed by atoms with Gasteiger partial charge in [-0.2, -0.15) is 0 Å². The van der Waals surface area contributed by atoms with Crippen molar-refractivity contribution in [3.63, 3.8) is 0 Å². The Balaban J connectivity index is 1.22. The van der Waals surface area contributed by atoms with E-state index in [1.165, 1.54) is 10.8 Å². The molecule has 4 heteroatoms. The topological polar surface area (TPSA) is 38.7 Å². The Morgan fingerprint density at radius 1 is 0.375 bits per heavy atom. The monoisotopic (exact) mass is 514 g/mol. The molecule has 188 valence electrons. The highest BCUT2D eigenvalue weighted by Gasteiger charge is 2.24. The quantitative estimate of drug-likeness (QED) is 0.145. The van der Waals surface area contributed by atoms with Gasteiger partial charge >= 0.3 is 7.32 Å². The van der Waals surface area contributed by atoms with Gasteiger partial charge in [0.2, 0.25) is 0 Å². The number of fused-ring (bicyclic) bond motifs is 8. The molecule has 0 fully saturated rings. The van der Waals surface area contributed by atoms with E-state index < -0.39 is 7.32 Å². The van der Waals surface area contributed by atoms with Gasteiger partial charge in [-0.05, 0) is 90.3 Å². The Morgan fingerprint density at radius 3 is 1.20 bits per heavy atom. The van der Waals surface area contributed by atoms with Gasteiger partial charge in [-0.1, -0.05) is 97.1 Å². The zero-order valence-corrected chi connectivity index (χ0v) is 21.5. The standard InChI is InChI=1S/C36H23BO3/c38-37(39-33-13-5-11-23-15-17-29-19-25-7-1-3-9-27(25)21-31(29)35(23)33)40-34-14-6-12-24-16-18-30-20-26-8-2-4-10-28(26)22-32(30)36(24)34/h1-22,38H. The van der Waals surface area contributed by atoms with Crippen molar-refractivity contribution in [1.29, 1.82) is 0 Å². The van der Waals surface area contributed by atoms with Crippen LogP contribution in [0.2, 0.25) is 0 Å². The summed E-state index contributed by atoms with van der Waals surface area (Å²) in [5.41, 5.74) is 0. The molecule has 0 saturated carbocycles. The summed E-state index contributed by atoms with van der Waals surface area (Å²) in [7, 11) is -1.50. The van der Waals surface area contributed by atoms with Crippen LogP contribution in [0.15, 0.2) is 133 Å². The molecule has 8 aromatic rings. The highest BCUT2D eigenvalue weighted by atomic mass is 16.7. The van der Waals surface area contributed by atoms with E-state index in [0.717, 1.165) is 53.9 Å². The smallest absolute Gasteiger partial charge is 0.500 e. The first-order valence-corrected chi connectivity index (χ1v) is 13.4. The fourth-order valence-corrected chi connectivity index (χ4v) is 5.97. The molecule has 0 aromatic heterocycles. The summed E-state index contributed by atoms with van der Waals surface area (Å²) in [6.45, 7) is 0. The summed E-state index contributed by atoms with van der Waals surface area (Å²) >= 11 is 0. The van der Waals surface area contributed by atoms with Crippen molar-refractivity contribution in [3.8, 4) is 11.5 Å². The molecule has 1 N–H and O–H groups in total. The maximum atomic E-state index is 11.1. The normalized spacial score (nSPS) is 11.6. The SMILES string of the molecule is OB(Oc1cccc2ccc3cc4ccccc4cc3c12)Oc1cccc2ccc3cc4ccccc4cc3c12. The molecule has 0 amide bonds. The number of hydrogen-bond acceptors (Lipinski definition) is 3. The van der Waals surface area contributed by atoms with Crippen LogP contribution in [-0.2, 0) is 0 Å². The average Bonchev–Trinajstić information content (AvgIpc) is 2.99. The summed E-state index contributed by atoms with van der Waals surface area (Å²) < 4.78 is 12.2. The maximum absolute atomic E-state index is 11.1. The van der Waals surface area contributed by atoms with Crippen molar-refractivity contribution in [2.24, 2.45) is 0 Å². The van der Waals surface area contributed by atoms with Crippen LogP contribution in [0.3, 0.4) is 0 Å². The third-order valence-corrected chi connectivity index (χ3v) is 7.83. The molecule has 0 radical (unpaired) electrons. The molecule has 40 heavy (non-hydrogen) atoms. The van der Waals surface area contributed by atoms with E-state index in [1.807, 2.05) is 36.4 Å². The van der Waals surface area contributed by atoms with Gasteiger partial charge in [0, 0.05) is 10.8 Å². The van der Waals surface area contributed by atoms with Gasteiger partial charge in [0.05, 0.1) is 0 Å². The minimum absolute atomic E-state index is 0.571. The van der Waals surface area contributed by atoms with Crippen molar-refractivity contribution in [3.05, 3.63) is 133 Å². The van der Waals surface area contributed by atoms with Gasteiger partial charge in [-0.15, -0.1) is 0 Å². The van der Waals surface area contributed by atoms with Crippen LogP contribution in [0.4, 0.5) is 0 Å². The van der Waals surface area contributed by atoms with Crippen molar-refractivity contribution >= 4 is 72.0 Å². The van der Waals surface area contributed by atoms with Crippen LogP contribution >= 0.6 is 0 Å². The number of hydrogen-bond donors (Lipinski definition) is 1. The van der Waals surface area contributed by atoms with E-state index in [4.69, 9.17) is 9.31 Å². The van der Waals surface area contributed by atoms with E-state index in [2.05, 4.69) is 97.1 Å². The first-order chi connectivity index (χ1) is 19.7. The molecule has 3 nitrogen and oxygen atoms in total. The van der Waals surface area contributed by atoms with Crippen molar-refractivity contribution in [2.45, 2.75) is 0 Å². The Bertz CT molecular complexity index is 2100. The van der Waals surface area contributed by atoms with Crippen LogP contribution in [0, 0.1) is 0 Å².